The summed E-state index contributed by atoms with van der Waals surface area (Å²) >= 11 is 0. The second-order valence-electron chi connectivity index (χ2n) is 6.77. The van der Waals surface area contributed by atoms with Crippen LogP contribution in [0.1, 0.15) is 16.7 Å². The molecule has 0 N–H and O–H groups in total. The molecular weight excluding hydrogens is 326 g/mol. The van der Waals surface area contributed by atoms with Crippen molar-refractivity contribution >= 4 is 5.69 Å². The van der Waals surface area contributed by atoms with Crippen LogP contribution in [0.4, 0.5) is 5.69 Å². The molecule has 3 aromatic rings. The Morgan fingerprint density at radius 2 is 1.22 bits per heavy atom. The smallest absolute Gasteiger partial charge is 0.0741 e. The minimum atomic E-state index is -0.434. The normalized spacial score (nSPS) is 15.2. The summed E-state index contributed by atoms with van der Waals surface area (Å²) in [6, 6.07) is 30.0. The lowest BCUT2D eigenvalue weighted by Gasteiger charge is -2.45. The van der Waals surface area contributed by atoms with E-state index in [1.165, 1.54) is 22.4 Å². The van der Waals surface area contributed by atoms with Crippen molar-refractivity contribution in [3.63, 3.8) is 0 Å². The van der Waals surface area contributed by atoms with Crippen molar-refractivity contribution in [3.8, 4) is 0 Å². The van der Waals surface area contributed by atoms with Gasteiger partial charge in [-0.1, -0.05) is 98.1 Å². The summed E-state index contributed by atoms with van der Waals surface area (Å²) in [5.41, 5.74) is 6.69. The van der Waals surface area contributed by atoms with E-state index < -0.39 is 5.41 Å². The van der Waals surface area contributed by atoms with Crippen LogP contribution in [0.2, 0.25) is 0 Å². The average molecular weight is 349 g/mol. The third-order valence-electron chi connectivity index (χ3n) is 5.52. The highest BCUT2D eigenvalue weighted by Crippen LogP contribution is 2.53. The standard InChI is InChI=1S/C26H23N/c1-4-22-24(5-2)27(3)25-19-13-12-18-23(25)26(22,20-14-8-6-9-15-20)21-16-10-7-11-17-21/h4-19H,1-2H2,3H3. The Labute approximate surface area is 161 Å². The monoisotopic (exact) mass is 349 g/mol. The number of hydrogen-bond acceptors (Lipinski definition) is 1. The number of anilines is 1. The zero-order valence-corrected chi connectivity index (χ0v) is 15.6. The molecule has 132 valence electrons. The first-order valence-corrected chi connectivity index (χ1v) is 9.19. The van der Waals surface area contributed by atoms with E-state index in [0.717, 1.165) is 11.3 Å². The van der Waals surface area contributed by atoms with Crippen LogP contribution in [0.5, 0.6) is 0 Å². The molecule has 0 fully saturated rings. The van der Waals surface area contributed by atoms with Gasteiger partial charge in [-0.3, -0.25) is 0 Å². The van der Waals surface area contributed by atoms with Crippen molar-refractivity contribution in [2.24, 2.45) is 0 Å². The van der Waals surface area contributed by atoms with Gasteiger partial charge in [0.1, 0.15) is 0 Å². The van der Waals surface area contributed by atoms with Crippen molar-refractivity contribution in [1.29, 1.82) is 0 Å². The first kappa shape index (κ1) is 17.1. The zero-order chi connectivity index (χ0) is 18.9. The Kier molecular flexibility index (Phi) is 4.29. The highest BCUT2D eigenvalue weighted by atomic mass is 15.1. The van der Waals surface area contributed by atoms with Crippen molar-refractivity contribution in [2.75, 3.05) is 11.9 Å². The van der Waals surface area contributed by atoms with Gasteiger partial charge in [-0.15, -0.1) is 0 Å². The molecule has 0 amide bonds. The maximum atomic E-state index is 4.20. The molecule has 0 atom stereocenters. The number of hydrogen-bond donors (Lipinski definition) is 0. The lowest BCUT2D eigenvalue weighted by Crippen LogP contribution is -2.39. The number of rotatable bonds is 4. The van der Waals surface area contributed by atoms with Crippen LogP contribution >= 0.6 is 0 Å². The van der Waals surface area contributed by atoms with Gasteiger partial charge in [0.25, 0.3) is 0 Å². The van der Waals surface area contributed by atoms with Gasteiger partial charge in [0.05, 0.1) is 5.41 Å². The number of likely N-dealkylation sites (N-methyl/N-ethyl adjacent to an activating group) is 1. The summed E-state index contributed by atoms with van der Waals surface area (Å²) in [6.07, 6.45) is 3.93. The maximum absolute atomic E-state index is 4.20. The van der Waals surface area contributed by atoms with E-state index >= 15 is 0 Å². The van der Waals surface area contributed by atoms with E-state index in [1.807, 2.05) is 12.2 Å². The molecule has 0 unspecified atom stereocenters. The van der Waals surface area contributed by atoms with Gasteiger partial charge in [-0.2, -0.15) is 0 Å². The van der Waals surface area contributed by atoms with E-state index in [9.17, 15) is 0 Å². The van der Waals surface area contributed by atoms with Crippen molar-refractivity contribution in [2.45, 2.75) is 5.41 Å². The molecule has 0 bridgehead atoms. The van der Waals surface area contributed by atoms with Gasteiger partial charge in [-0.25, -0.2) is 0 Å². The van der Waals surface area contributed by atoms with Crippen molar-refractivity contribution < 1.29 is 0 Å². The molecule has 0 saturated heterocycles. The summed E-state index contributed by atoms with van der Waals surface area (Å²) in [5.74, 6) is 0. The fourth-order valence-electron chi connectivity index (χ4n) is 4.40. The SMILES string of the molecule is C=CC1=C(C=C)C(c2ccccc2)(c2ccccc2)c2ccccc2N1C. The third kappa shape index (κ3) is 2.39. The van der Waals surface area contributed by atoms with Gasteiger partial charge in [0, 0.05) is 18.4 Å². The molecule has 0 aromatic heterocycles. The van der Waals surface area contributed by atoms with Crippen molar-refractivity contribution in [1.82, 2.24) is 0 Å². The third-order valence-corrected chi connectivity index (χ3v) is 5.52. The number of para-hydroxylation sites is 1. The Morgan fingerprint density at radius 3 is 1.74 bits per heavy atom. The number of fused-ring (bicyclic) bond motifs is 1. The first-order valence-electron chi connectivity index (χ1n) is 9.19. The summed E-state index contributed by atoms with van der Waals surface area (Å²) in [5, 5.41) is 0. The second kappa shape index (κ2) is 6.77. The van der Waals surface area contributed by atoms with E-state index in [-0.39, 0.29) is 0 Å². The fourth-order valence-corrected chi connectivity index (χ4v) is 4.40. The van der Waals surface area contributed by atoms with Crippen LogP contribution in [0.3, 0.4) is 0 Å². The zero-order valence-electron chi connectivity index (χ0n) is 15.6. The van der Waals surface area contributed by atoms with E-state index in [1.54, 1.807) is 0 Å². The van der Waals surface area contributed by atoms with Gasteiger partial charge in [-0.05, 0) is 34.4 Å². The van der Waals surface area contributed by atoms with Crippen LogP contribution in [-0.2, 0) is 5.41 Å². The van der Waals surface area contributed by atoms with E-state index in [0.29, 0.717) is 0 Å². The topological polar surface area (TPSA) is 3.24 Å². The molecule has 0 saturated carbocycles. The molecular formula is C26H23N. The van der Waals surface area contributed by atoms with Crippen molar-refractivity contribution in [3.05, 3.63) is 138 Å². The highest BCUT2D eigenvalue weighted by Gasteiger charge is 2.45. The van der Waals surface area contributed by atoms with E-state index in [4.69, 9.17) is 0 Å². The molecule has 1 aliphatic heterocycles. The van der Waals surface area contributed by atoms with Gasteiger partial charge in [0.2, 0.25) is 0 Å². The first-order chi connectivity index (χ1) is 13.2. The lowest BCUT2D eigenvalue weighted by atomic mass is 9.62. The Morgan fingerprint density at radius 1 is 0.704 bits per heavy atom. The van der Waals surface area contributed by atoms with Crippen LogP contribution in [0, 0.1) is 0 Å². The molecule has 1 aliphatic rings. The predicted octanol–water partition coefficient (Wildman–Crippen LogP) is 6.10. The van der Waals surface area contributed by atoms with Crippen LogP contribution < -0.4 is 4.90 Å². The fraction of sp³-hybridized carbons (Fsp3) is 0.0769. The Hall–Kier alpha value is -3.32. The van der Waals surface area contributed by atoms with Gasteiger partial charge >= 0.3 is 0 Å². The van der Waals surface area contributed by atoms with Crippen LogP contribution in [0.15, 0.2) is 122 Å². The summed E-state index contributed by atoms with van der Waals surface area (Å²) in [4.78, 5) is 2.21. The van der Waals surface area contributed by atoms with Crippen LogP contribution in [0.25, 0.3) is 0 Å². The van der Waals surface area contributed by atoms with E-state index in [2.05, 4.69) is 110 Å². The minimum absolute atomic E-state index is 0.434. The Bertz CT molecular complexity index is 973. The molecule has 4 rings (SSSR count). The molecule has 0 aliphatic carbocycles. The number of nitrogens with zero attached hydrogens (tertiary/aromatic N) is 1. The summed E-state index contributed by atoms with van der Waals surface area (Å²) < 4.78 is 0. The minimum Gasteiger partial charge on any atom is -0.344 e. The molecule has 3 aromatic carbocycles. The molecule has 1 heterocycles. The number of allylic oxidation sites excluding steroid dienone is 3. The average Bonchev–Trinajstić information content (AvgIpc) is 2.75. The molecule has 0 spiro atoms. The second-order valence-corrected chi connectivity index (χ2v) is 6.77. The molecule has 27 heavy (non-hydrogen) atoms. The van der Waals surface area contributed by atoms with Crippen LogP contribution in [-0.4, -0.2) is 7.05 Å². The number of benzene rings is 3. The lowest BCUT2D eigenvalue weighted by molar-refractivity contribution is 0.713. The maximum Gasteiger partial charge on any atom is 0.0741 e. The molecule has 1 heteroatoms. The largest absolute Gasteiger partial charge is 0.344 e. The summed E-state index contributed by atoms with van der Waals surface area (Å²) in [7, 11) is 2.10. The summed E-state index contributed by atoms with van der Waals surface area (Å²) in [6.45, 7) is 8.32. The molecule has 0 radical (unpaired) electrons. The Balaban J connectivity index is 2.23. The quantitative estimate of drug-likeness (QED) is 0.550. The molecule has 1 nitrogen and oxygen atoms in total. The predicted molar refractivity (Wildman–Crippen MR) is 115 cm³/mol. The van der Waals surface area contributed by atoms with Gasteiger partial charge < -0.3 is 4.90 Å². The van der Waals surface area contributed by atoms with Gasteiger partial charge in [0.15, 0.2) is 0 Å². The highest BCUT2D eigenvalue weighted by molar-refractivity contribution is 5.77.